The molecule has 284 valence electrons. The van der Waals surface area contributed by atoms with Crippen LogP contribution in [-0.4, -0.2) is 60.9 Å². The van der Waals surface area contributed by atoms with Crippen molar-refractivity contribution in [3.8, 4) is 12.3 Å². The largest absolute Gasteiger partial charge is 0.412 e. The van der Waals surface area contributed by atoms with Crippen LogP contribution in [0.25, 0.3) is 11.3 Å². The van der Waals surface area contributed by atoms with Gasteiger partial charge in [-0.1, -0.05) is 121 Å². The number of hydrogen-bond acceptors (Lipinski definition) is 5. The van der Waals surface area contributed by atoms with Crippen LogP contribution in [0.1, 0.15) is 110 Å². The predicted molar refractivity (Wildman–Crippen MR) is 224 cm³/mol. The van der Waals surface area contributed by atoms with E-state index in [1.165, 1.54) is 22.3 Å². The summed E-state index contributed by atoms with van der Waals surface area (Å²) in [5.41, 5.74) is 12.4. The summed E-state index contributed by atoms with van der Waals surface area (Å²) < 4.78 is 0. The monoisotopic (exact) mass is 703 g/mol. The number of unbranched alkanes of at least 4 members (excludes halogenated alkanes) is 2. The highest BCUT2D eigenvalue weighted by Crippen LogP contribution is 2.51. The minimum Gasteiger partial charge on any atom is -0.412 e. The molecule has 0 saturated carbocycles. The van der Waals surface area contributed by atoms with E-state index in [2.05, 4.69) is 102 Å². The van der Waals surface area contributed by atoms with Crippen molar-refractivity contribution < 1.29 is 15.7 Å². The molecule has 1 saturated heterocycles. The number of likely N-dealkylation sites (tertiary alicyclic amines) is 1. The molecular weight excluding hydrogens is 633 g/mol. The first-order valence-electron chi connectivity index (χ1n) is 18.6. The molecule has 0 amide bonds. The number of ketones is 1. The molecule has 2 aromatic rings. The Morgan fingerprint density at radius 1 is 1.02 bits per heavy atom. The van der Waals surface area contributed by atoms with Gasteiger partial charge in [0.05, 0.1) is 5.41 Å². The number of carbonyl (C=O) groups excluding carboxylic acids is 1. The van der Waals surface area contributed by atoms with Gasteiger partial charge < -0.3 is 32.2 Å². The summed E-state index contributed by atoms with van der Waals surface area (Å²) in [6.07, 6.45) is 20.8. The summed E-state index contributed by atoms with van der Waals surface area (Å²) in [7, 11) is 1.95. The van der Waals surface area contributed by atoms with E-state index in [1.54, 1.807) is 6.92 Å². The Kier molecular flexibility index (Phi) is 26.8. The smallest absolute Gasteiger partial charge is 0.144 e. The molecule has 5 rings (SSSR count). The number of nitrogens with zero attached hydrogens (tertiary/aromatic N) is 1. The van der Waals surface area contributed by atoms with Gasteiger partial charge in [-0.05, 0) is 80.5 Å². The van der Waals surface area contributed by atoms with Gasteiger partial charge in [-0.3, -0.25) is 4.79 Å². The van der Waals surface area contributed by atoms with Crippen LogP contribution in [0.3, 0.4) is 0 Å². The molecule has 0 radical (unpaired) electrons. The Labute approximate surface area is 311 Å². The molecule has 51 heavy (non-hydrogen) atoms. The summed E-state index contributed by atoms with van der Waals surface area (Å²) in [4.78, 5) is 15.9. The third-order valence-corrected chi connectivity index (χ3v) is 8.71. The SMILES string of the molecule is C#CCCC.C=C(NC1CCN(CCCCC2(C(C)=O)C3=C(C=CCC=C3)c3ccccc32)C1)c1ccccc1NC.CC.CC.CCN.O.O. The first-order valence-corrected chi connectivity index (χ1v) is 18.6. The summed E-state index contributed by atoms with van der Waals surface area (Å²) in [6.45, 7) is 22.0. The van der Waals surface area contributed by atoms with Gasteiger partial charge in [0.25, 0.3) is 0 Å². The summed E-state index contributed by atoms with van der Waals surface area (Å²) in [5.74, 6) is 2.78. The summed E-state index contributed by atoms with van der Waals surface area (Å²) in [6, 6.07) is 17.2. The second kappa shape index (κ2) is 27.8. The van der Waals surface area contributed by atoms with Crippen LogP contribution in [0.15, 0.2) is 85.0 Å². The lowest BCUT2D eigenvalue weighted by Gasteiger charge is -2.31. The number of terminal acetylenes is 1. The molecule has 1 fully saturated rings. The van der Waals surface area contributed by atoms with Gasteiger partial charge in [-0.25, -0.2) is 0 Å². The van der Waals surface area contributed by atoms with Crippen molar-refractivity contribution in [2.24, 2.45) is 5.73 Å². The number of Topliss-reactive ketones (excluding diaryl/α,β-unsaturated/α-hetero) is 1. The van der Waals surface area contributed by atoms with E-state index in [9.17, 15) is 4.79 Å². The number of hydrogen-bond donors (Lipinski definition) is 3. The minimum atomic E-state index is -0.523. The average molecular weight is 703 g/mol. The van der Waals surface area contributed by atoms with Crippen LogP contribution < -0.4 is 16.4 Å². The zero-order valence-corrected chi connectivity index (χ0v) is 33.0. The maximum atomic E-state index is 13.3. The van der Waals surface area contributed by atoms with E-state index in [0.29, 0.717) is 6.04 Å². The van der Waals surface area contributed by atoms with Gasteiger partial charge in [0, 0.05) is 49.5 Å². The van der Waals surface area contributed by atoms with E-state index < -0.39 is 5.41 Å². The molecule has 7 heteroatoms. The number of carbonyl (C=O) groups is 1. The van der Waals surface area contributed by atoms with Crippen molar-refractivity contribution in [3.05, 3.63) is 102 Å². The average Bonchev–Trinajstić information content (AvgIpc) is 3.58. The number of nitrogens with one attached hydrogen (secondary N) is 2. The Morgan fingerprint density at radius 3 is 2.25 bits per heavy atom. The summed E-state index contributed by atoms with van der Waals surface area (Å²) >= 11 is 0. The third kappa shape index (κ3) is 13.6. The van der Waals surface area contributed by atoms with Crippen molar-refractivity contribution in [3.63, 3.8) is 0 Å². The molecule has 1 aliphatic heterocycles. The maximum Gasteiger partial charge on any atom is 0.144 e. The Bertz CT molecular complexity index is 1420. The fourth-order valence-electron chi connectivity index (χ4n) is 6.61. The lowest BCUT2D eigenvalue weighted by molar-refractivity contribution is -0.121. The van der Waals surface area contributed by atoms with Crippen LogP contribution >= 0.6 is 0 Å². The molecule has 0 bridgehead atoms. The van der Waals surface area contributed by atoms with Gasteiger partial charge in [-0.2, -0.15) is 0 Å². The van der Waals surface area contributed by atoms with Crippen molar-refractivity contribution >= 4 is 22.7 Å². The van der Waals surface area contributed by atoms with Gasteiger partial charge in [0.2, 0.25) is 0 Å². The fraction of sp³-hybridized carbons (Fsp3) is 0.477. The predicted octanol–water partition coefficient (Wildman–Crippen LogP) is 8.13. The van der Waals surface area contributed by atoms with Crippen LogP contribution in [-0.2, 0) is 10.2 Å². The highest BCUT2D eigenvalue weighted by atomic mass is 16.1. The number of benzene rings is 2. The normalized spacial score (nSPS) is 17.5. The lowest BCUT2D eigenvalue weighted by Crippen LogP contribution is -2.35. The lowest BCUT2D eigenvalue weighted by atomic mass is 9.70. The Morgan fingerprint density at radius 2 is 1.65 bits per heavy atom. The van der Waals surface area contributed by atoms with Gasteiger partial charge in [0.1, 0.15) is 5.78 Å². The summed E-state index contributed by atoms with van der Waals surface area (Å²) in [5, 5.41) is 6.92. The molecule has 2 unspecified atom stereocenters. The maximum absolute atomic E-state index is 13.3. The molecule has 8 N–H and O–H groups in total. The molecule has 2 aliphatic carbocycles. The highest BCUT2D eigenvalue weighted by molar-refractivity contribution is 6.03. The number of rotatable bonds is 11. The Hall–Kier alpha value is -3.93. The van der Waals surface area contributed by atoms with Gasteiger partial charge >= 0.3 is 0 Å². The third-order valence-electron chi connectivity index (χ3n) is 8.71. The van der Waals surface area contributed by atoms with Gasteiger partial charge in [0.15, 0.2) is 0 Å². The molecule has 0 aromatic heterocycles. The molecule has 2 aromatic carbocycles. The number of allylic oxidation sites excluding steroid dienone is 6. The standard InChI is InChI=1S/C33H39N3O.C5H8.C2H7N.2C2H6.2H2O/c1-24(27-13-8-10-18-32(27)34-3)35-26-19-22-36(23-26)21-12-11-20-33(25(2)37)30-16-6-4-5-14-28(30)29-15-7-9-17-31(29)33;1-3-5-4-2;1-2-3;2*1-2;;/h5-10,13-18,26,34-35H,1,4,11-12,19-23H2,2-3H3;1H,4-5H2,2H3;2-3H2,1H3;2*1-2H3;2*1H2. The molecule has 1 heterocycles. The fourth-order valence-corrected chi connectivity index (χ4v) is 6.61. The molecule has 7 nitrogen and oxygen atoms in total. The van der Waals surface area contributed by atoms with E-state index in [1.807, 2.05) is 47.7 Å². The number of anilines is 1. The number of fused-ring (bicyclic) bond motifs is 2. The Balaban J connectivity index is 0. The van der Waals surface area contributed by atoms with Crippen LogP contribution in [0.2, 0.25) is 0 Å². The molecule has 3 aliphatic rings. The van der Waals surface area contributed by atoms with Gasteiger partial charge in [-0.15, -0.1) is 12.3 Å². The van der Waals surface area contributed by atoms with E-state index in [4.69, 9.17) is 12.2 Å². The quantitative estimate of drug-likeness (QED) is 0.161. The highest BCUT2D eigenvalue weighted by Gasteiger charge is 2.46. The first kappa shape index (κ1) is 49.2. The second-order valence-electron chi connectivity index (χ2n) is 11.9. The van der Waals surface area contributed by atoms with E-state index in [-0.39, 0.29) is 16.7 Å². The first-order chi connectivity index (χ1) is 23.9. The van der Waals surface area contributed by atoms with Crippen molar-refractivity contribution in [1.29, 1.82) is 0 Å². The van der Waals surface area contributed by atoms with E-state index in [0.717, 1.165) is 88.1 Å². The minimum absolute atomic E-state index is 0. The zero-order chi connectivity index (χ0) is 36.7. The van der Waals surface area contributed by atoms with Crippen LogP contribution in [0.4, 0.5) is 5.69 Å². The zero-order valence-electron chi connectivity index (χ0n) is 33.0. The van der Waals surface area contributed by atoms with Crippen molar-refractivity contribution in [1.82, 2.24) is 10.2 Å². The molecule has 2 atom stereocenters. The van der Waals surface area contributed by atoms with E-state index >= 15 is 0 Å². The van der Waals surface area contributed by atoms with Crippen molar-refractivity contribution in [2.75, 3.05) is 38.5 Å². The number of nitrogens with two attached hydrogens (primary N) is 1. The topological polar surface area (TPSA) is 133 Å². The number of para-hydroxylation sites is 1. The van der Waals surface area contributed by atoms with Crippen LogP contribution in [0, 0.1) is 12.3 Å². The molecular formula is C44H70N4O3. The second-order valence-corrected chi connectivity index (χ2v) is 11.9. The molecule has 0 spiro atoms. The van der Waals surface area contributed by atoms with Crippen molar-refractivity contribution in [2.45, 2.75) is 105 Å². The van der Waals surface area contributed by atoms with Crippen LogP contribution in [0.5, 0.6) is 0 Å².